The van der Waals surface area contributed by atoms with E-state index in [9.17, 15) is 0 Å². The summed E-state index contributed by atoms with van der Waals surface area (Å²) >= 11 is 0. The Morgan fingerprint density at radius 2 is 1.15 bits per heavy atom. The standard InChI is InChI=1S/C48H40N3.Ir/c1-32-4-23-45(49-30-32)41-17-11-35(12-18-41)7-9-37-26-38-10-8-36-13-19-42(20-14-36)47-25-6-34(3)48(51-47)44-29-43(46-24-5-33(2)31-50-46)22-21-40(44)16-15-39(27-37)28-38;/h4-6,11-14,17,19,21-28,30-31H,7-10,15-16H2,1-3H3;/q-3;+3. The van der Waals surface area contributed by atoms with Crippen LogP contribution in [0.5, 0.6) is 0 Å². The third-order valence-electron chi connectivity index (χ3n) is 9.97. The molecule has 5 heterocycles. The Balaban J connectivity index is 0.00000420. The van der Waals surface area contributed by atoms with Gasteiger partial charge in [-0.1, -0.05) is 90.6 Å². The van der Waals surface area contributed by atoms with Gasteiger partial charge < -0.3 is 9.97 Å². The average molecular weight is 851 g/mol. The fourth-order valence-corrected chi connectivity index (χ4v) is 6.95. The van der Waals surface area contributed by atoms with Crippen molar-refractivity contribution in [1.29, 1.82) is 0 Å². The van der Waals surface area contributed by atoms with E-state index in [1.807, 2.05) is 12.4 Å². The summed E-state index contributed by atoms with van der Waals surface area (Å²) in [5.74, 6) is 0. The minimum atomic E-state index is 0. The zero-order valence-corrected chi connectivity index (χ0v) is 32.3. The minimum absolute atomic E-state index is 0. The monoisotopic (exact) mass is 851 g/mol. The maximum absolute atomic E-state index is 5.25. The fraction of sp³-hybridized carbons (Fsp3) is 0.188. The second kappa shape index (κ2) is 15.7. The van der Waals surface area contributed by atoms with Crippen LogP contribution in [-0.2, 0) is 58.6 Å². The molecule has 6 bridgehead atoms. The molecule has 0 amide bonds. The molecule has 0 atom stereocenters. The Kier molecular flexibility index (Phi) is 10.7. The molecule has 52 heavy (non-hydrogen) atoms. The van der Waals surface area contributed by atoms with E-state index in [2.05, 4.69) is 147 Å². The van der Waals surface area contributed by atoms with Crippen LogP contribution in [0.4, 0.5) is 0 Å². The molecule has 4 heteroatoms. The molecule has 9 rings (SSSR count). The van der Waals surface area contributed by atoms with Crippen molar-refractivity contribution in [3.63, 3.8) is 0 Å². The summed E-state index contributed by atoms with van der Waals surface area (Å²) in [4.78, 5) is 14.6. The van der Waals surface area contributed by atoms with Gasteiger partial charge >= 0.3 is 20.1 Å². The molecule has 256 valence electrons. The SMILES string of the molecule is Cc1ccc(-c2[c-]cc(CCc3cc4cc(c3)CCc3ccc(-c5ccc(C)cn5)[c-]c3-c3nc(ccc3C)-c3[c-]cc(cc3)CC4)cc2)nc1.[Ir+3]. The maximum Gasteiger partial charge on any atom is 3.00 e. The number of hydrogen-bond donors (Lipinski definition) is 0. The largest absolute Gasteiger partial charge is 3.00 e. The van der Waals surface area contributed by atoms with E-state index in [4.69, 9.17) is 9.97 Å². The quantitative estimate of drug-likeness (QED) is 0.162. The molecule has 7 aromatic rings. The van der Waals surface area contributed by atoms with Crippen LogP contribution in [0.25, 0.3) is 45.0 Å². The molecule has 3 aromatic heterocycles. The van der Waals surface area contributed by atoms with Crippen molar-refractivity contribution in [1.82, 2.24) is 15.0 Å². The smallest absolute Gasteiger partial charge is 0.335 e. The van der Waals surface area contributed by atoms with E-state index < -0.39 is 0 Å². The van der Waals surface area contributed by atoms with Gasteiger partial charge in [-0.25, -0.2) is 0 Å². The molecular formula is C48H40IrN3. The van der Waals surface area contributed by atoms with E-state index in [1.165, 1.54) is 33.4 Å². The molecular weight excluding hydrogens is 811 g/mol. The topological polar surface area (TPSA) is 38.7 Å². The first-order chi connectivity index (χ1) is 24.9. The molecule has 2 aliphatic rings. The summed E-state index contributed by atoms with van der Waals surface area (Å²) in [6.07, 6.45) is 9.58. The molecule has 0 radical (unpaired) electrons. The van der Waals surface area contributed by atoms with Crippen molar-refractivity contribution < 1.29 is 20.1 Å². The van der Waals surface area contributed by atoms with Gasteiger partial charge in [0.25, 0.3) is 0 Å². The Labute approximate surface area is 321 Å². The van der Waals surface area contributed by atoms with Crippen LogP contribution >= 0.6 is 0 Å². The molecule has 0 saturated heterocycles. The summed E-state index contributed by atoms with van der Waals surface area (Å²) in [6, 6.07) is 48.2. The number of fused-ring (bicyclic) bond motifs is 4. The van der Waals surface area contributed by atoms with Crippen LogP contribution in [0, 0.1) is 39.0 Å². The van der Waals surface area contributed by atoms with Gasteiger partial charge in [-0.2, -0.15) is 0 Å². The predicted molar refractivity (Wildman–Crippen MR) is 207 cm³/mol. The first-order valence-electron chi connectivity index (χ1n) is 18.0. The Morgan fingerprint density at radius 1 is 0.538 bits per heavy atom. The molecule has 0 aliphatic carbocycles. The summed E-state index contributed by atoms with van der Waals surface area (Å²) < 4.78 is 0. The van der Waals surface area contributed by atoms with Crippen LogP contribution in [0.1, 0.15) is 50.1 Å². The van der Waals surface area contributed by atoms with E-state index in [0.29, 0.717) is 0 Å². The van der Waals surface area contributed by atoms with Crippen LogP contribution in [-0.4, -0.2) is 15.0 Å². The van der Waals surface area contributed by atoms with Gasteiger partial charge in [0.1, 0.15) is 0 Å². The van der Waals surface area contributed by atoms with Crippen molar-refractivity contribution in [3.8, 4) is 45.0 Å². The van der Waals surface area contributed by atoms with Crippen molar-refractivity contribution in [2.24, 2.45) is 0 Å². The number of pyridine rings is 3. The van der Waals surface area contributed by atoms with Gasteiger partial charge in [0.2, 0.25) is 0 Å². The molecule has 0 fully saturated rings. The van der Waals surface area contributed by atoms with Crippen LogP contribution in [0.2, 0.25) is 0 Å². The third-order valence-corrected chi connectivity index (χ3v) is 9.97. The summed E-state index contributed by atoms with van der Waals surface area (Å²) in [5.41, 5.74) is 19.3. The van der Waals surface area contributed by atoms with E-state index in [-0.39, 0.29) is 20.1 Å². The van der Waals surface area contributed by atoms with E-state index >= 15 is 0 Å². The van der Waals surface area contributed by atoms with Gasteiger partial charge in [-0.3, -0.25) is 4.98 Å². The minimum Gasteiger partial charge on any atom is -0.335 e. The summed E-state index contributed by atoms with van der Waals surface area (Å²) in [5, 5.41) is 0. The number of rotatable bonds is 5. The number of hydrogen-bond acceptors (Lipinski definition) is 3. The number of benzene rings is 4. The predicted octanol–water partition coefficient (Wildman–Crippen LogP) is 10.5. The summed E-state index contributed by atoms with van der Waals surface area (Å²) in [7, 11) is 0. The van der Waals surface area contributed by atoms with Crippen molar-refractivity contribution in [3.05, 3.63) is 184 Å². The molecule has 0 saturated carbocycles. The van der Waals surface area contributed by atoms with Gasteiger partial charge in [0.15, 0.2) is 0 Å². The zero-order valence-electron chi connectivity index (χ0n) is 29.9. The van der Waals surface area contributed by atoms with Crippen LogP contribution in [0.3, 0.4) is 0 Å². The van der Waals surface area contributed by atoms with Gasteiger partial charge in [-0.15, -0.1) is 94.5 Å². The van der Waals surface area contributed by atoms with Crippen molar-refractivity contribution in [2.45, 2.75) is 59.3 Å². The fourth-order valence-electron chi connectivity index (χ4n) is 6.95. The molecule has 0 unspecified atom stereocenters. The second-order valence-corrected chi connectivity index (χ2v) is 14.0. The number of aryl methyl sites for hydroxylation is 9. The number of aromatic nitrogens is 3. The Hall–Kier alpha value is -5.02. The molecule has 0 N–H and O–H groups in total. The van der Waals surface area contributed by atoms with Crippen LogP contribution in [0.15, 0.2) is 116 Å². The van der Waals surface area contributed by atoms with Crippen molar-refractivity contribution >= 4 is 0 Å². The molecule has 3 nitrogen and oxygen atoms in total. The van der Waals surface area contributed by atoms with E-state index in [1.54, 1.807) is 0 Å². The van der Waals surface area contributed by atoms with Gasteiger partial charge in [0.05, 0.1) is 0 Å². The molecule has 4 aromatic carbocycles. The first kappa shape index (κ1) is 35.4. The van der Waals surface area contributed by atoms with Crippen molar-refractivity contribution in [2.75, 3.05) is 0 Å². The average Bonchev–Trinajstić information content (AvgIpc) is 3.16. The number of nitrogens with zero attached hydrogens (tertiary/aromatic N) is 3. The maximum atomic E-state index is 5.25. The zero-order chi connectivity index (χ0) is 34.7. The first-order valence-corrected chi connectivity index (χ1v) is 18.0. The third kappa shape index (κ3) is 8.05. The molecule has 2 aliphatic heterocycles. The van der Waals surface area contributed by atoms with Gasteiger partial charge in [-0.05, 0) is 84.9 Å². The van der Waals surface area contributed by atoms with Gasteiger partial charge in [0, 0.05) is 18.1 Å². The second-order valence-electron chi connectivity index (χ2n) is 14.0. The Morgan fingerprint density at radius 3 is 1.83 bits per heavy atom. The van der Waals surface area contributed by atoms with E-state index in [0.717, 1.165) is 100 Å². The molecule has 0 spiro atoms. The summed E-state index contributed by atoms with van der Waals surface area (Å²) in [6.45, 7) is 6.27. The Bertz CT molecular complexity index is 2310. The normalized spacial score (nSPS) is 12.2. The van der Waals surface area contributed by atoms with Crippen LogP contribution < -0.4 is 0 Å².